The summed E-state index contributed by atoms with van der Waals surface area (Å²) in [5.74, 6) is 0.546. The van der Waals surface area contributed by atoms with Crippen LogP contribution in [0.2, 0.25) is 0 Å². The van der Waals surface area contributed by atoms with Gasteiger partial charge < -0.3 is 10.1 Å². The second-order valence-corrected chi connectivity index (χ2v) is 3.58. The quantitative estimate of drug-likeness (QED) is 0.655. The maximum atomic E-state index is 11.6. The highest BCUT2D eigenvalue weighted by Gasteiger charge is 2.26. The van der Waals surface area contributed by atoms with Gasteiger partial charge in [0.1, 0.15) is 0 Å². The molecule has 0 saturated heterocycles. The first-order valence-corrected chi connectivity index (χ1v) is 4.77. The molecule has 2 nitrogen and oxygen atoms in total. The third-order valence-electron chi connectivity index (χ3n) is 1.51. The van der Waals surface area contributed by atoms with Gasteiger partial charge in [0.05, 0.1) is 19.6 Å². The number of ether oxygens (including phenoxy) is 1. The highest BCUT2D eigenvalue weighted by Crippen LogP contribution is 2.18. The van der Waals surface area contributed by atoms with E-state index in [1.807, 2.05) is 0 Å². The van der Waals surface area contributed by atoms with E-state index in [9.17, 15) is 13.2 Å². The van der Waals surface area contributed by atoms with E-state index in [-0.39, 0.29) is 6.61 Å². The van der Waals surface area contributed by atoms with E-state index in [2.05, 4.69) is 19.2 Å². The fraction of sp³-hybridized carbons (Fsp3) is 1.00. The zero-order chi connectivity index (χ0) is 11.0. The molecule has 0 unspecified atom stereocenters. The van der Waals surface area contributed by atoms with Gasteiger partial charge in [-0.1, -0.05) is 13.8 Å². The second kappa shape index (κ2) is 7.06. The SMILES string of the molecule is CC(C)CNCCOCCC(F)(F)F. The minimum Gasteiger partial charge on any atom is -0.380 e. The lowest BCUT2D eigenvalue weighted by Crippen LogP contribution is -2.24. The Bertz CT molecular complexity index is 137. The first-order chi connectivity index (χ1) is 6.42. The van der Waals surface area contributed by atoms with Crippen LogP contribution >= 0.6 is 0 Å². The molecule has 14 heavy (non-hydrogen) atoms. The predicted molar refractivity (Wildman–Crippen MR) is 49.2 cm³/mol. The predicted octanol–water partition coefficient (Wildman–Crippen LogP) is 2.20. The van der Waals surface area contributed by atoms with E-state index < -0.39 is 12.6 Å². The molecule has 0 heterocycles. The minimum absolute atomic E-state index is 0.243. The lowest BCUT2D eigenvalue weighted by molar-refractivity contribution is -0.145. The van der Waals surface area contributed by atoms with Gasteiger partial charge >= 0.3 is 6.18 Å². The summed E-state index contributed by atoms with van der Waals surface area (Å²) in [6.45, 7) is 5.70. The molecule has 0 fully saturated rings. The number of alkyl halides is 3. The van der Waals surface area contributed by atoms with Gasteiger partial charge in [0.2, 0.25) is 0 Å². The third-order valence-corrected chi connectivity index (χ3v) is 1.51. The summed E-state index contributed by atoms with van der Waals surface area (Å²) in [4.78, 5) is 0. The normalized spacial score (nSPS) is 12.4. The number of hydrogen-bond donors (Lipinski definition) is 1. The number of halogens is 3. The van der Waals surface area contributed by atoms with E-state index in [1.54, 1.807) is 0 Å². The Morgan fingerprint density at radius 1 is 1.21 bits per heavy atom. The summed E-state index contributed by atoms with van der Waals surface area (Å²) in [6, 6.07) is 0. The zero-order valence-corrected chi connectivity index (χ0v) is 8.66. The maximum Gasteiger partial charge on any atom is 0.391 e. The molecule has 0 atom stereocenters. The summed E-state index contributed by atoms with van der Waals surface area (Å²) in [7, 11) is 0. The molecule has 0 aromatic carbocycles. The van der Waals surface area contributed by atoms with Crippen molar-refractivity contribution in [1.29, 1.82) is 0 Å². The molecule has 1 N–H and O–H groups in total. The standard InChI is InChI=1S/C9H18F3NO/c1-8(2)7-13-4-6-14-5-3-9(10,11)12/h8,13H,3-7H2,1-2H3. The molecular weight excluding hydrogens is 195 g/mol. The average molecular weight is 213 g/mol. The van der Waals surface area contributed by atoms with Crippen molar-refractivity contribution in [2.24, 2.45) is 5.92 Å². The topological polar surface area (TPSA) is 21.3 Å². The smallest absolute Gasteiger partial charge is 0.380 e. The zero-order valence-electron chi connectivity index (χ0n) is 8.66. The average Bonchev–Trinajstić information content (AvgIpc) is 2.00. The van der Waals surface area contributed by atoms with Crippen LogP contribution in [0.1, 0.15) is 20.3 Å². The molecule has 0 saturated carbocycles. The number of hydrogen-bond acceptors (Lipinski definition) is 2. The Balaban J connectivity index is 3.07. The fourth-order valence-electron chi connectivity index (χ4n) is 0.825. The largest absolute Gasteiger partial charge is 0.391 e. The van der Waals surface area contributed by atoms with Gasteiger partial charge in [0.25, 0.3) is 0 Å². The molecule has 0 aliphatic rings. The van der Waals surface area contributed by atoms with Crippen LogP contribution in [0.25, 0.3) is 0 Å². The van der Waals surface area contributed by atoms with Crippen molar-refractivity contribution < 1.29 is 17.9 Å². The van der Waals surface area contributed by atoms with E-state index >= 15 is 0 Å². The fourth-order valence-corrected chi connectivity index (χ4v) is 0.825. The van der Waals surface area contributed by atoms with Gasteiger partial charge in [0.15, 0.2) is 0 Å². The highest BCUT2D eigenvalue weighted by molar-refractivity contribution is 4.51. The maximum absolute atomic E-state index is 11.6. The molecule has 0 amide bonds. The van der Waals surface area contributed by atoms with Crippen LogP contribution in [0.4, 0.5) is 13.2 Å². The molecule has 5 heteroatoms. The van der Waals surface area contributed by atoms with Crippen LogP contribution in [0, 0.1) is 5.92 Å². The van der Waals surface area contributed by atoms with Gasteiger partial charge in [-0.2, -0.15) is 13.2 Å². The molecule has 0 aromatic rings. The molecule has 86 valence electrons. The second-order valence-electron chi connectivity index (χ2n) is 3.58. The van der Waals surface area contributed by atoms with Gasteiger partial charge in [0, 0.05) is 6.54 Å². The van der Waals surface area contributed by atoms with E-state index in [0.29, 0.717) is 19.1 Å². The highest BCUT2D eigenvalue weighted by atomic mass is 19.4. The van der Waals surface area contributed by atoms with Crippen molar-refractivity contribution in [3.8, 4) is 0 Å². The molecule has 0 aromatic heterocycles. The number of rotatable bonds is 7. The Labute approximate surface area is 82.8 Å². The van der Waals surface area contributed by atoms with Crippen LogP contribution in [-0.2, 0) is 4.74 Å². The first-order valence-electron chi connectivity index (χ1n) is 4.77. The Morgan fingerprint density at radius 3 is 2.36 bits per heavy atom. The summed E-state index contributed by atoms with van der Waals surface area (Å²) < 4.78 is 39.7. The van der Waals surface area contributed by atoms with Crippen molar-refractivity contribution in [1.82, 2.24) is 5.32 Å². The van der Waals surface area contributed by atoms with E-state index in [0.717, 1.165) is 6.54 Å². The van der Waals surface area contributed by atoms with Crippen molar-refractivity contribution >= 4 is 0 Å². The molecule has 0 aliphatic heterocycles. The van der Waals surface area contributed by atoms with Crippen LogP contribution in [-0.4, -0.2) is 32.5 Å². The summed E-state index contributed by atoms with van der Waals surface area (Å²) in [6.07, 6.45) is -4.97. The molecule has 0 bridgehead atoms. The van der Waals surface area contributed by atoms with Crippen molar-refractivity contribution in [2.75, 3.05) is 26.3 Å². The Hall–Kier alpha value is -0.290. The van der Waals surface area contributed by atoms with Crippen LogP contribution in [0.5, 0.6) is 0 Å². The van der Waals surface area contributed by atoms with E-state index in [1.165, 1.54) is 0 Å². The van der Waals surface area contributed by atoms with Crippen molar-refractivity contribution in [3.63, 3.8) is 0 Å². The summed E-state index contributed by atoms with van der Waals surface area (Å²) >= 11 is 0. The van der Waals surface area contributed by atoms with E-state index in [4.69, 9.17) is 4.74 Å². The lowest BCUT2D eigenvalue weighted by atomic mass is 10.2. The first kappa shape index (κ1) is 13.7. The Morgan fingerprint density at radius 2 is 1.86 bits per heavy atom. The summed E-state index contributed by atoms with van der Waals surface area (Å²) in [5.41, 5.74) is 0. The molecule has 0 spiro atoms. The summed E-state index contributed by atoms with van der Waals surface area (Å²) in [5, 5.41) is 3.08. The van der Waals surface area contributed by atoms with Gasteiger partial charge in [-0.3, -0.25) is 0 Å². The molecule has 0 rings (SSSR count). The van der Waals surface area contributed by atoms with Gasteiger partial charge in [-0.05, 0) is 12.5 Å². The lowest BCUT2D eigenvalue weighted by Gasteiger charge is -2.09. The van der Waals surface area contributed by atoms with Gasteiger partial charge in [-0.25, -0.2) is 0 Å². The van der Waals surface area contributed by atoms with Crippen LogP contribution < -0.4 is 5.32 Å². The van der Waals surface area contributed by atoms with Gasteiger partial charge in [-0.15, -0.1) is 0 Å². The minimum atomic E-state index is -4.11. The Kier molecular flexibility index (Phi) is 6.92. The monoisotopic (exact) mass is 213 g/mol. The molecule has 0 aliphatic carbocycles. The van der Waals surface area contributed by atoms with Crippen LogP contribution in [0.3, 0.4) is 0 Å². The molecule has 0 radical (unpaired) electrons. The van der Waals surface area contributed by atoms with Crippen LogP contribution in [0.15, 0.2) is 0 Å². The van der Waals surface area contributed by atoms with Crippen molar-refractivity contribution in [3.05, 3.63) is 0 Å². The third kappa shape index (κ3) is 11.7. The number of nitrogens with one attached hydrogen (secondary N) is 1. The van der Waals surface area contributed by atoms with Crippen molar-refractivity contribution in [2.45, 2.75) is 26.4 Å². The molecular formula is C9H18F3NO.